The first kappa shape index (κ1) is 21.1. The topological polar surface area (TPSA) is 95.4 Å². The minimum absolute atomic E-state index is 0.121. The van der Waals surface area contributed by atoms with Gasteiger partial charge in [0.25, 0.3) is 11.3 Å². The number of anilines is 1. The SMILES string of the molecule is Cc1ccc(CNc2nc3nc(C)c(CCC(=O)N4CCCCCC4)c(=O)n3[nH]2)cc1. The van der Waals surface area contributed by atoms with Crippen LogP contribution in [-0.2, 0) is 17.8 Å². The molecule has 0 spiro atoms. The number of likely N-dealkylation sites (tertiary alicyclic amines) is 1. The van der Waals surface area contributed by atoms with E-state index in [1.165, 1.54) is 22.9 Å². The van der Waals surface area contributed by atoms with Crippen LogP contribution in [0.4, 0.5) is 5.95 Å². The van der Waals surface area contributed by atoms with E-state index < -0.39 is 0 Å². The number of aromatic amines is 1. The third-order valence-electron chi connectivity index (χ3n) is 5.92. The second-order valence-electron chi connectivity index (χ2n) is 8.32. The molecule has 4 rings (SSSR count). The maximum absolute atomic E-state index is 13.0. The van der Waals surface area contributed by atoms with Crippen molar-refractivity contribution in [1.29, 1.82) is 0 Å². The maximum Gasteiger partial charge on any atom is 0.277 e. The Kier molecular flexibility index (Phi) is 6.34. The molecule has 0 radical (unpaired) electrons. The molecule has 0 unspecified atom stereocenters. The Morgan fingerprint density at radius 2 is 1.77 bits per heavy atom. The summed E-state index contributed by atoms with van der Waals surface area (Å²) in [4.78, 5) is 36.5. The van der Waals surface area contributed by atoms with Crippen LogP contribution >= 0.6 is 0 Å². The number of nitrogens with zero attached hydrogens (tertiary/aromatic N) is 4. The second kappa shape index (κ2) is 9.32. The Morgan fingerprint density at radius 3 is 2.48 bits per heavy atom. The van der Waals surface area contributed by atoms with Gasteiger partial charge in [-0.3, -0.25) is 14.7 Å². The lowest BCUT2D eigenvalue weighted by atomic mass is 10.1. The van der Waals surface area contributed by atoms with E-state index in [1.807, 2.05) is 4.90 Å². The fourth-order valence-electron chi connectivity index (χ4n) is 4.02. The van der Waals surface area contributed by atoms with Crippen LogP contribution in [0.25, 0.3) is 5.78 Å². The van der Waals surface area contributed by atoms with Crippen molar-refractivity contribution in [1.82, 2.24) is 24.5 Å². The molecule has 164 valence electrons. The minimum Gasteiger partial charge on any atom is -0.351 e. The highest BCUT2D eigenvalue weighted by atomic mass is 16.2. The van der Waals surface area contributed by atoms with Gasteiger partial charge in [0.2, 0.25) is 11.9 Å². The van der Waals surface area contributed by atoms with Gasteiger partial charge in [0, 0.05) is 31.6 Å². The molecule has 8 nitrogen and oxygen atoms in total. The van der Waals surface area contributed by atoms with E-state index in [2.05, 4.69) is 51.6 Å². The number of amides is 1. The third kappa shape index (κ3) is 4.95. The summed E-state index contributed by atoms with van der Waals surface area (Å²) in [7, 11) is 0. The molecule has 0 atom stereocenters. The molecule has 3 aromatic rings. The highest BCUT2D eigenvalue weighted by molar-refractivity contribution is 5.76. The summed E-state index contributed by atoms with van der Waals surface area (Å²) in [5.74, 6) is 0.940. The van der Waals surface area contributed by atoms with Gasteiger partial charge in [-0.1, -0.05) is 42.7 Å². The molecule has 1 aliphatic heterocycles. The van der Waals surface area contributed by atoms with Crippen LogP contribution in [-0.4, -0.2) is 43.5 Å². The van der Waals surface area contributed by atoms with Crippen molar-refractivity contribution in [3.8, 4) is 0 Å². The van der Waals surface area contributed by atoms with E-state index in [9.17, 15) is 9.59 Å². The van der Waals surface area contributed by atoms with Crippen LogP contribution in [0.3, 0.4) is 0 Å². The van der Waals surface area contributed by atoms with Gasteiger partial charge in [-0.2, -0.15) is 9.50 Å². The quantitative estimate of drug-likeness (QED) is 0.637. The Balaban J connectivity index is 1.46. The lowest BCUT2D eigenvalue weighted by molar-refractivity contribution is -0.131. The van der Waals surface area contributed by atoms with Crippen molar-refractivity contribution in [3.63, 3.8) is 0 Å². The number of nitrogens with one attached hydrogen (secondary N) is 2. The van der Waals surface area contributed by atoms with Crippen molar-refractivity contribution in [3.05, 3.63) is 57.0 Å². The normalized spacial score (nSPS) is 14.6. The van der Waals surface area contributed by atoms with Crippen molar-refractivity contribution in [2.24, 2.45) is 0 Å². The average Bonchev–Trinajstić information content (AvgIpc) is 2.97. The number of H-pyrrole nitrogens is 1. The summed E-state index contributed by atoms with van der Waals surface area (Å²) < 4.78 is 1.36. The van der Waals surface area contributed by atoms with Gasteiger partial charge in [-0.15, -0.1) is 0 Å². The van der Waals surface area contributed by atoms with Crippen LogP contribution in [0.1, 0.15) is 54.5 Å². The smallest absolute Gasteiger partial charge is 0.277 e. The molecule has 3 heterocycles. The molecule has 1 aromatic carbocycles. The van der Waals surface area contributed by atoms with E-state index in [0.717, 1.165) is 31.5 Å². The number of fused-ring (bicyclic) bond motifs is 1. The van der Waals surface area contributed by atoms with Crippen molar-refractivity contribution >= 4 is 17.6 Å². The van der Waals surface area contributed by atoms with E-state index in [0.29, 0.717) is 42.4 Å². The summed E-state index contributed by atoms with van der Waals surface area (Å²) in [5.41, 5.74) is 3.33. The van der Waals surface area contributed by atoms with Gasteiger partial charge >= 0.3 is 0 Å². The first-order valence-electron chi connectivity index (χ1n) is 11.1. The third-order valence-corrected chi connectivity index (χ3v) is 5.92. The van der Waals surface area contributed by atoms with Gasteiger partial charge in [-0.25, -0.2) is 4.98 Å². The van der Waals surface area contributed by atoms with Crippen LogP contribution in [0.2, 0.25) is 0 Å². The first-order valence-corrected chi connectivity index (χ1v) is 11.1. The standard InChI is InChI=1S/C23H30N6O2/c1-16-7-9-18(10-8-16)15-24-22-26-23-25-17(2)19(21(31)29(23)27-22)11-12-20(30)28-13-5-3-4-6-14-28/h7-10H,3-6,11-15H2,1-2H3,(H2,24,25,26,27). The fourth-order valence-corrected chi connectivity index (χ4v) is 4.02. The number of hydrogen-bond donors (Lipinski definition) is 2. The number of benzene rings is 1. The van der Waals surface area contributed by atoms with E-state index in [1.54, 1.807) is 6.92 Å². The number of hydrogen-bond acceptors (Lipinski definition) is 5. The minimum atomic E-state index is -0.193. The first-order chi connectivity index (χ1) is 15.0. The van der Waals surface area contributed by atoms with Crippen LogP contribution in [0, 0.1) is 13.8 Å². The van der Waals surface area contributed by atoms with Gasteiger partial charge in [-0.05, 0) is 38.7 Å². The number of rotatable bonds is 6. The number of aromatic nitrogens is 4. The number of carbonyl (C=O) groups is 1. The molecule has 8 heteroatoms. The molecule has 0 bridgehead atoms. The fraction of sp³-hybridized carbons (Fsp3) is 0.478. The second-order valence-corrected chi connectivity index (χ2v) is 8.32. The molecule has 0 saturated carbocycles. The highest BCUT2D eigenvalue weighted by Gasteiger charge is 2.18. The summed E-state index contributed by atoms with van der Waals surface area (Å²) in [6, 6.07) is 8.23. The van der Waals surface area contributed by atoms with E-state index in [-0.39, 0.29) is 11.5 Å². The van der Waals surface area contributed by atoms with Crippen LogP contribution in [0.5, 0.6) is 0 Å². The van der Waals surface area contributed by atoms with E-state index in [4.69, 9.17) is 0 Å². The molecular formula is C23H30N6O2. The highest BCUT2D eigenvalue weighted by Crippen LogP contribution is 2.13. The Bertz CT molecular complexity index is 1110. The van der Waals surface area contributed by atoms with Crippen LogP contribution in [0.15, 0.2) is 29.1 Å². The molecular weight excluding hydrogens is 392 g/mol. The largest absolute Gasteiger partial charge is 0.351 e. The zero-order chi connectivity index (χ0) is 21.8. The van der Waals surface area contributed by atoms with Gasteiger partial charge < -0.3 is 10.2 Å². The zero-order valence-corrected chi connectivity index (χ0v) is 18.3. The summed E-state index contributed by atoms with van der Waals surface area (Å²) in [6.07, 6.45) is 5.22. The average molecular weight is 423 g/mol. The predicted octanol–water partition coefficient (Wildman–Crippen LogP) is 2.98. The van der Waals surface area contributed by atoms with Gasteiger partial charge in [0.1, 0.15) is 0 Å². The summed E-state index contributed by atoms with van der Waals surface area (Å²) >= 11 is 0. The number of aryl methyl sites for hydroxylation is 2. The lowest BCUT2D eigenvalue weighted by Gasteiger charge is -2.20. The van der Waals surface area contributed by atoms with Crippen LogP contribution < -0.4 is 10.9 Å². The molecule has 1 fully saturated rings. The summed E-state index contributed by atoms with van der Waals surface area (Å²) in [5, 5.41) is 6.20. The zero-order valence-electron chi connectivity index (χ0n) is 18.3. The molecule has 1 amide bonds. The molecule has 0 aliphatic carbocycles. The molecule has 31 heavy (non-hydrogen) atoms. The molecule has 1 aliphatic rings. The lowest BCUT2D eigenvalue weighted by Crippen LogP contribution is -2.32. The van der Waals surface area contributed by atoms with Crippen molar-refractivity contribution < 1.29 is 4.79 Å². The van der Waals surface area contributed by atoms with Gasteiger partial charge in [0.15, 0.2) is 0 Å². The molecule has 1 saturated heterocycles. The maximum atomic E-state index is 13.0. The van der Waals surface area contributed by atoms with Gasteiger partial charge in [0.05, 0.1) is 5.69 Å². The molecule has 2 N–H and O–H groups in total. The van der Waals surface area contributed by atoms with E-state index >= 15 is 0 Å². The predicted molar refractivity (Wildman–Crippen MR) is 120 cm³/mol. The summed E-state index contributed by atoms with van der Waals surface area (Å²) in [6.45, 7) is 6.09. The van der Waals surface area contributed by atoms with Crippen molar-refractivity contribution in [2.45, 2.75) is 58.9 Å². The number of carbonyl (C=O) groups excluding carboxylic acids is 1. The Hall–Kier alpha value is -3.16. The monoisotopic (exact) mass is 422 g/mol. The Morgan fingerprint density at radius 1 is 1.06 bits per heavy atom. The Labute approximate surface area is 181 Å². The van der Waals surface area contributed by atoms with Crippen molar-refractivity contribution in [2.75, 3.05) is 18.4 Å². The molecule has 2 aromatic heterocycles.